The van der Waals surface area contributed by atoms with Crippen molar-refractivity contribution in [2.75, 3.05) is 13.1 Å². The highest BCUT2D eigenvalue weighted by atomic mass is 16.4. The van der Waals surface area contributed by atoms with Gasteiger partial charge in [-0.15, -0.1) is 0 Å². The Balaban J connectivity index is 2.49. The first kappa shape index (κ1) is 20.4. The van der Waals surface area contributed by atoms with E-state index in [1.165, 1.54) is 0 Å². The Bertz CT molecular complexity index is 458. The highest BCUT2D eigenvalue weighted by molar-refractivity contribution is 5.88. The molecule has 1 heterocycles. The number of likely N-dealkylation sites (tertiary alicyclic amines) is 1. The Hall–Kier alpha value is -1.63. The number of aliphatic carboxylic acids is 1. The van der Waals surface area contributed by atoms with Crippen molar-refractivity contribution in [2.24, 2.45) is 5.41 Å². The molecule has 0 aromatic carbocycles. The van der Waals surface area contributed by atoms with Gasteiger partial charge in [0.05, 0.1) is 6.10 Å². The quantitative estimate of drug-likeness (QED) is 0.574. The van der Waals surface area contributed by atoms with Gasteiger partial charge in [0.1, 0.15) is 6.04 Å². The van der Waals surface area contributed by atoms with E-state index in [0.717, 1.165) is 0 Å². The second-order valence-electron chi connectivity index (χ2n) is 7.55. The van der Waals surface area contributed by atoms with Crippen molar-refractivity contribution >= 4 is 17.8 Å². The molecule has 0 saturated carbocycles. The van der Waals surface area contributed by atoms with Crippen molar-refractivity contribution in [3.05, 3.63) is 0 Å². The van der Waals surface area contributed by atoms with Crippen molar-refractivity contribution in [1.29, 1.82) is 0 Å². The summed E-state index contributed by atoms with van der Waals surface area (Å²) in [7, 11) is 0. The number of nitrogens with one attached hydrogen (secondary N) is 1. The molecule has 1 rings (SSSR count). The van der Waals surface area contributed by atoms with Gasteiger partial charge in [0.25, 0.3) is 0 Å². The summed E-state index contributed by atoms with van der Waals surface area (Å²) in [6.45, 7) is 6.52. The minimum absolute atomic E-state index is 0.113. The zero-order valence-corrected chi connectivity index (χ0v) is 14.9. The monoisotopic (exact) mass is 342 g/mol. The highest BCUT2D eigenvalue weighted by Crippen LogP contribution is 2.23. The predicted molar refractivity (Wildman–Crippen MR) is 89.3 cm³/mol. The summed E-state index contributed by atoms with van der Waals surface area (Å²) in [6.07, 6.45) is 2.30. The summed E-state index contributed by atoms with van der Waals surface area (Å²) in [5, 5.41) is 21.0. The number of carboxylic acid groups (broad SMARTS) is 1. The lowest BCUT2D eigenvalue weighted by Gasteiger charge is -2.33. The average Bonchev–Trinajstić information content (AvgIpc) is 2.89. The van der Waals surface area contributed by atoms with Gasteiger partial charge < -0.3 is 20.4 Å². The largest absolute Gasteiger partial charge is 0.481 e. The molecule has 0 aromatic heterocycles. The lowest BCUT2D eigenvalue weighted by molar-refractivity contribution is -0.139. The third-order valence-corrected chi connectivity index (χ3v) is 4.19. The van der Waals surface area contributed by atoms with Crippen LogP contribution in [0, 0.1) is 5.41 Å². The molecule has 0 spiro atoms. The van der Waals surface area contributed by atoms with E-state index in [-0.39, 0.29) is 24.7 Å². The van der Waals surface area contributed by atoms with Crippen molar-refractivity contribution in [1.82, 2.24) is 10.2 Å². The van der Waals surface area contributed by atoms with E-state index < -0.39 is 23.5 Å². The maximum Gasteiger partial charge on any atom is 0.303 e. The number of rotatable bonds is 8. The van der Waals surface area contributed by atoms with Crippen LogP contribution in [0.4, 0.5) is 0 Å². The minimum Gasteiger partial charge on any atom is -0.481 e. The highest BCUT2D eigenvalue weighted by Gasteiger charge is 2.37. The van der Waals surface area contributed by atoms with Crippen LogP contribution in [0.3, 0.4) is 0 Å². The number of β-amino-alcohol motifs (C(OH)–C–C–N with tert-alkyl or cyclic N) is 1. The molecule has 2 amide bonds. The molecule has 24 heavy (non-hydrogen) atoms. The van der Waals surface area contributed by atoms with Gasteiger partial charge in [-0.25, -0.2) is 0 Å². The number of unbranched alkanes of at least 4 members (excludes halogenated alkanes) is 2. The maximum atomic E-state index is 12.7. The Kier molecular flexibility index (Phi) is 7.66. The Morgan fingerprint density at radius 3 is 2.29 bits per heavy atom. The van der Waals surface area contributed by atoms with Crippen LogP contribution >= 0.6 is 0 Å². The van der Waals surface area contributed by atoms with E-state index in [1.807, 2.05) is 20.8 Å². The maximum absolute atomic E-state index is 12.7. The number of amides is 2. The molecule has 3 N–H and O–H groups in total. The van der Waals surface area contributed by atoms with Crippen LogP contribution in [0.25, 0.3) is 0 Å². The molecule has 1 aliphatic heterocycles. The summed E-state index contributed by atoms with van der Waals surface area (Å²) in [5.74, 6) is -1.18. The van der Waals surface area contributed by atoms with E-state index >= 15 is 0 Å². The molecule has 0 bridgehead atoms. The van der Waals surface area contributed by atoms with Crippen molar-refractivity contribution < 1.29 is 24.6 Å². The molecule has 0 aliphatic carbocycles. The summed E-state index contributed by atoms with van der Waals surface area (Å²) < 4.78 is 0. The number of carboxylic acids is 1. The molecule has 138 valence electrons. The zero-order chi connectivity index (χ0) is 18.3. The van der Waals surface area contributed by atoms with E-state index in [1.54, 1.807) is 4.90 Å². The van der Waals surface area contributed by atoms with Gasteiger partial charge in [0, 0.05) is 25.9 Å². The number of hydrogen-bond donors (Lipinski definition) is 3. The van der Waals surface area contributed by atoms with Crippen molar-refractivity contribution in [3.63, 3.8) is 0 Å². The van der Waals surface area contributed by atoms with Crippen LogP contribution in [0.2, 0.25) is 0 Å². The number of hydrogen-bond acceptors (Lipinski definition) is 4. The molecule has 7 heteroatoms. The average molecular weight is 342 g/mol. The lowest BCUT2D eigenvalue weighted by Crippen LogP contribution is -2.54. The van der Waals surface area contributed by atoms with Crippen LogP contribution in [0.1, 0.15) is 59.3 Å². The van der Waals surface area contributed by atoms with E-state index in [4.69, 9.17) is 5.11 Å². The van der Waals surface area contributed by atoms with Gasteiger partial charge in [-0.2, -0.15) is 0 Å². The van der Waals surface area contributed by atoms with E-state index in [9.17, 15) is 19.5 Å². The first-order valence-corrected chi connectivity index (χ1v) is 8.59. The van der Waals surface area contributed by atoms with Crippen molar-refractivity contribution in [2.45, 2.75) is 71.4 Å². The fourth-order valence-corrected chi connectivity index (χ4v) is 2.74. The van der Waals surface area contributed by atoms with Gasteiger partial charge in [-0.1, -0.05) is 27.2 Å². The molecule has 1 aliphatic rings. The first-order chi connectivity index (χ1) is 11.1. The topological polar surface area (TPSA) is 107 Å². The van der Waals surface area contributed by atoms with Gasteiger partial charge >= 0.3 is 5.97 Å². The molecule has 0 radical (unpaired) electrons. The molecule has 0 aromatic rings. The fourth-order valence-electron chi connectivity index (χ4n) is 2.74. The molecule has 1 unspecified atom stereocenters. The van der Waals surface area contributed by atoms with Crippen LogP contribution < -0.4 is 5.32 Å². The van der Waals surface area contributed by atoms with Gasteiger partial charge in [-0.3, -0.25) is 14.4 Å². The third kappa shape index (κ3) is 6.86. The Morgan fingerprint density at radius 2 is 1.79 bits per heavy atom. The number of aliphatic hydroxyl groups excluding tert-OH is 1. The van der Waals surface area contributed by atoms with E-state index in [2.05, 4.69) is 5.32 Å². The second kappa shape index (κ2) is 9.01. The number of carbonyl (C=O) groups is 3. The fraction of sp³-hybridized carbons (Fsp3) is 0.824. The van der Waals surface area contributed by atoms with Crippen LogP contribution in [0.5, 0.6) is 0 Å². The number of carbonyl (C=O) groups excluding carboxylic acids is 2. The molecule has 7 nitrogen and oxygen atoms in total. The van der Waals surface area contributed by atoms with Gasteiger partial charge in [-0.05, 0) is 24.7 Å². The summed E-state index contributed by atoms with van der Waals surface area (Å²) in [5.41, 5.74) is -0.427. The van der Waals surface area contributed by atoms with Crippen molar-refractivity contribution in [3.8, 4) is 0 Å². The Labute approximate surface area is 143 Å². The minimum atomic E-state index is -0.828. The van der Waals surface area contributed by atoms with Crippen LogP contribution in [-0.4, -0.2) is 58.1 Å². The molecular formula is C17H30N2O5. The summed E-state index contributed by atoms with van der Waals surface area (Å²) in [4.78, 5) is 36.8. The molecule has 1 saturated heterocycles. The smallest absolute Gasteiger partial charge is 0.303 e. The first-order valence-electron chi connectivity index (χ1n) is 8.59. The second-order valence-corrected chi connectivity index (χ2v) is 7.55. The van der Waals surface area contributed by atoms with Gasteiger partial charge in [0.2, 0.25) is 11.8 Å². The van der Waals surface area contributed by atoms with Crippen LogP contribution in [-0.2, 0) is 14.4 Å². The molecular weight excluding hydrogens is 312 g/mol. The van der Waals surface area contributed by atoms with Crippen LogP contribution in [0.15, 0.2) is 0 Å². The zero-order valence-electron chi connectivity index (χ0n) is 14.9. The van der Waals surface area contributed by atoms with E-state index in [0.29, 0.717) is 38.8 Å². The summed E-state index contributed by atoms with van der Waals surface area (Å²) >= 11 is 0. The normalized spacial score (nSPS) is 19.2. The summed E-state index contributed by atoms with van der Waals surface area (Å²) in [6, 6.07) is -0.630. The number of aliphatic hydroxyl groups is 1. The molecule has 1 fully saturated rings. The lowest BCUT2D eigenvalue weighted by atomic mass is 9.85. The third-order valence-electron chi connectivity index (χ3n) is 4.19. The predicted octanol–water partition coefficient (Wildman–Crippen LogP) is 1.15. The SMILES string of the molecule is CC(C)(C)[C@H](NC(=O)CCCCCC(=O)O)C(=O)N1CCC(O)C1. The standard InChI is InChI=1S/C17H30N2O5/c1-17(2,3)15(16(24)19-10-9-12(20)11-19)18-13(21)7-5-4-6-8-14(22)23/h12,15,20H,4-11H2,1-3H3,(H,18,21)(H,22,23)/t12?,15-/m1/s1. The number of nitrogens with zero attached hydrogens (tertiary/aromatic N) is 1. The Morgan fingerprint density at radius 1 is 1.17 bits per heavy atom. The van der Waals surface area contributed by atoms with Gasteiger partial charge in [0.15, 0.2) is 0 Å². The molecule has 2 atom stereocenters.